The van der Waals surface area contributed by atoms with E-state index in [0.717, 1.165) is 11.0 Å². The number of carbonyl (C=O) groups excluding carboxylic acids is 1. The van der Waals surface area contributed by atoms with Gasteiger partial charge in [0.1, 0.15) is 15.7 Å². The van der Waals surface area contributed by atoms with E-state index in [4.69, 9.17) is 5.73 Å². The summed E-state index contributed by atoms with van der Waals surface area (Å²) in [4.78, 5) is 16.1. The molecule has 1 unspecified atom stereocenters. The molecule has 0 aliphatic rings. The summed E-state index contributed by atoms with van der Waals surface area (Å²) in [5.41, 5.74) is 6.56. The molecule has 1 heterocycles. The third-order valence-corrected chi connectivity index (χ3v) is 5.03. The second kappa shape index (κ2) is 6.27. The van der Waals surface area contributed by atoms with E-state index >= 15 is 0 Å². The van der Waals surface area contributed by atoms with E-state index in [1.165, 1.54) is 17.4 Å². The number of fused-ring (bicyclic) bond motifs is 1. The van der Waals surface area contributed by atoms with Gasteiger partial charge in [0.2, 0.25) is 5.91 Å². The number of aryl methyl sites for hydroxylation is 1. The predicted molar refractivity (Wildman–Crippen MR) is 85.2 cm³/mol. The number of carbonyl (C=O) groups is 1. The number of amides is 1. The van der Waals surface area contributed by atoms with Crippen molar-refractivity contribution >= 4 is 42.4 Å². The zero-order valence-corrected chi connectivity index (χ0v) is 13.7. The van der Waals surface area contributed by atoms with Crippen molar-refractivity contribution in [1.29, 1.82) is 0 Å². The average Bonchev–Trinajstić information content (AvgIpc) is 2.83. The molecule has 1 amide bonds. The number of hydrogen-bond donors (Lipinski definition) is 2. The van der Waals surface area contributed by atoms with Gasteiger partial charge in [-0.15, -0.1) is 0 Å². The summed E-state index contributed by atoms with van der Waals surface area (Å²) >= 11 is 1.21. The Balaban J connectivity index is 2.10. The van der Waals surface area contributed by atoms with Crippen molar-refractivity contribution in [2.75, 3.05) is 17.3 Å². The third-order valence-electron chi connectivity index (χ3n) is 3.11. The first kappa shape index (κ1) is 16.8. The first-order chi connectivity index (χ1) is 10.2. The summed E-state index contributed by atoms with van der Waals surface area (Å²) in [5, 5.41) is 2.85. The maximum Gasteiger partial charge on any atom is 0.243 e. The second-order valence-corrected chi connectivity index (χ2v) is 8.34. The molecule has 0 radical (unpaired) electrons. The molecule has 0 fully saturated rings. The molecule has 0 spiro atoms. The van der Waals surface area contributed by atoms with Crippen LogP contribution in [0.15, 0.2) is 12.1 Å². The Morgan fingerprint density at radius 2 is 2.18 bits per heavy atom. The van der Waals surface area contributed by atoms with Gasteiger partial charge in [-0.25, -0.2) is 17.8 Å². The highest BCUT2D eigenvalue weighted by Crippen LogP contribution is 2.29. The molecule has 6 nitrogen and oxygen atoms in total. The second-order valence-electron chi connectivity index (χ2n) is 5.05. The van der Waals surface area contributed by atoms with Gasteiger partial charge in [0.15, 0.2) is 5.13 Å². The normalized spacial score (nSPS) is 13.3. The van der Waals surface area contributed by atoms with Gasteiger partial charge in [0.25, 0.3) is 0 Å². The quantitative estimate of drug-likeness (QED) is 0.854. The summed E-state index contributed by atoms with van der Waals surface area (Å²) in [6, 6.07) is 1.99. The largest absolute Gasteiger partial charge is 0.320 e. The molecule has 0 saturated heterocycles. The number of nitrogens with one attached hydrogen (secondary N) is 1. The third kappa shape index (κ3) is 3.99. The van der Waals surface area contributed by atoms with E-state index in [-0.39, 0.29) is 18.0 Å². The zero-order valence-electron chi connectivity index (χ0n) is 12.1. The topological polar surface area (TPSA) is 102 Å². The Bertz CT molecular complexity index is 817. The van der Waals surface area contributed by atoms with Crippen LogP contribution >= 0.6 is 11.3 Å². The Kier molecular flexibility index (Phi) is 4.78. The summed E-state index contributed by atoms with van der Waals surface area (Å²) in [5.74, 6) is -1.03. The highest BCUT2D eigenvalue weighted by atomic mass is 32.2. The molecular formula is C13H16FN3O3S2. The van der Waals surface area contributed by atoms with Crippen molar-refractivity contribution in [2.24, 2.45) is 5.73 Å². The lowest BCUT2D eigenvalue weighted by molar-refractivity contribution is -0.117. The molecule has 1 atom stereocenters. The standard InChI is InChI=1S/C13H16FN3O3S2/c1-7-8(14)3-4-10-11(7)16-13(21-10)17-12(18)9(15)5-6-22(2,19)20/h3-4,9H,5-6,15H2,1-2H3,(H,16,17,18). The fourth-order valence-corrected chi connectivity index (χ4v) is 3.43. The van der Waals surface area contributed by atoms with E-state index in [1.807, 2.05) is 0 Å². The lowest BCUT2D eigenvalue weighted by Gasteiger charge is -2.09. The van der Waals surface area contributed by atoms with E-state index in [0.29, 0.717) is 16.2 Å². The number of anilines is 1. The van der Waals surface area contributed by atoms with Crippen LogP contribution in [-0.2, 0) is 14.6 Å². The van der Waals surface area contributed by atoms with Crippen LogP contribution in [0.1, 0.15) is 12.0 Å². The fraction of sp³-hybridized carbons (Fsp3) is 0.385. The number of hydrogen-bond acceptors (Lipinski definition) is 6. The van der Waals surface area contributed by atoms with Crippen molar-refractivity contribution in [1.82, 2.24) is 4.98 Å². The molecule has 0 bridgehead atoms. The molecule has 1 aromatic carbocycles. The van der Waals surface area contributed by atoms with Crippen molar-refractivity contribution < 1.29 is 17.6 Å². The Morgan fingerprint density at radius 1 is 1.50 bits per heavy atom. The lowest BCUT2D eigenvalue weighted by Crippen LogP contribution is -2.37. The number of nitrogens with two attached hydrogens (primary N) is 1. The summed E-state index contributed by atoms with van der Waals surface area (Å²) in [6.07, 6.45) is 1.12. The monoisotopic (exact) mass is 345 g/mol. The Hall–Kier alpha value is -1.58. The molecule has 22 heavy (non-hydrogen) atoms. The van der Waals surface area contributed by atoms with Crippen LogP contribution < -0.4 is 11.1 Å². The van der Waals surface area contributed by atoms with Crippen LogP contribution in [0, 0.1) is 12.7 Å². The van der Waals surface area contributed by atoms with Gasteiger partial charge in [-0.3, -0.25) is 4.79 Å². The number of sulfone groups is 1. The van der Waals surface area contributed by atoms with E-state index in [2.05, 4.69) is 10.3 Å². The first-order valence-electron chi connectivity index (χ1n) is 6.47. The molecule has 2 rings (SSSR count). The maximum atomic E-state index is 13.5. The Morgan fingerprint density at radius 3 is 2.82 bits per heavy atom. The van der Waals surface area contributed by atoms with Gasteiger partial charge < -0.3 is 11.1 Å². The highest BCUT2D eigenvalue weighted by molar-refractivity contribution is 7.90. The molecule has 3 N–H and O–H groups in total. The van der Waals surface area contributed by atoms with Crippen LogP contribution in [0.25, 0.3) is 10.2 Å². The van der Waals surface area contributed by atoms with Crippen molar-refractivity contribution in [3.05, 3.63) is 23.5 Å². The Labute approximate surface area is 131 Å². The molecule has 1 aromatic heterocycles. The van der Waals surface area contributed by atoms with Gasteiger partial charge in [-0.2, -0.15) is 0 Å². The van der Waals surface area contributed by atoms with Gasteiger partial charge in [-0.1, -0.05) is 11.3 Å². The SMILES string of the molecule is Cc1c(F)ccc2sc(NC(=O)C(N)CCS(C)(=O)=O)nc12. The summed E-state index contributed by atoms with van der Waals surface area (Å²) in [7, 11) is -3.17. The highest BCUT2D eigenvalue weighted by Gasteiger charge is 2.18. The fourth-order valence-electron chi connectivity index (χ4n) is 1.82. The van der Waals surface area contributed by atoms with Gasteiger partial charge in [0, 0.05) is 11.8 Å². The van der Waals surface area contributed by atoms with Crippen molar-refractivity contribution in [2.45, 2.75) is 19.4 Å². The molecule has 0 saturated carbocycles. The van der Waals surface area contributed by atoms with Crippen LogP contribution in [0.3, 0.4) is 0 Å². The number of benzene rings is 1. The van der Waals surface area contributed by atoms with Gasteiger partial charge in [0.05, 0.1) is 22.0 Å². The van der Waals surface area contributed by atoms with Gasteiger partial charge in [-0.05, 0) is 25.5 Å². The van der Waals surface area contributed by atoms with E-state index in [9.17, 15) is 17.6 Å². The minimum atomic E-state index is -3.17. The minimum Gasteiger partial charge on any atom is -0.320 e. The van der Waals surface area contributed by atoms with Crippen LogP contribution in [0.5, 0.6) is 0 Å². The number of nitrogens with zero attached hydrogens (tertiary/aromatic N) is 1. The zero-order chi connectivity index (χ0) is 16.5. The predicted octanol–water partition coefficient (Wildman–Crippen LogP) is 1.44. The minimum absolute atomic E-state index is 0.0310. The number of rotatable bonds is 5. The molecular weight excluding hydrogens is 329 g/mol. The van der Waals surface area contributed by atoms with Crippen LogP contribution in [0.2, 0.25) is 0 Å². The maximum absolute atomic E-state index is 13.5. The average molecular weight is 345 g/mol. The molecule has 2 aromatic rings. The van der Waals surface area contributed by atoms with E-state index < -0.39 is 21.8 Å². The molecule has 0 aliphatic heterocycles. The van der Waals surface area contributed by atoms with E-state index in [1.54, 1.807) is 13.0 Å². The molecule has 0 aliphatic carbocycles. The molecule has 9 heteroatoms. The summed E-state index contributed by atoms with van der Waals surface area (Å²) < 4.78 is 36.4. The smallest absolute Gasteiger partial charge is 0.243 e. The number of thiazole rings is 1. The van der Waals surface area contributed by atoms with Crippen molar-refractivity contribution in [3.63, 3.8) is 0 Å². The number of halogens is 1. The van der Waals surface area contributed by atoms with Gasteiger partial charge >= 0.3 is 0 Å². The summed E-state index contributed by atoms with van der Waals surface area (Å²) in [6.45, 7) is 1.61. The first-order valence-corrected chi connectivity index (χ1v) is 9.35. The lowest BCUT2D eigenvalue weighted by atomic mass is 10.2. The van der Waals surface area contributed by atoms with Crippen LogP contribution in [0.4, 0.5) is 9.52 Å². The number of aromatic nitrogens is 1. The molecule has 120 valence electrons. The van der Waals surface area contributed by atoms with Crippen molar-refractivity contribution in [3.8, 4) is 0 Å². The van der Waals surface area contributed by atoms with Crippen LogP contribution in [-0.4, -0.2) is 37.4 Å².